The zero-order valence-corrected chi connectivity index (χ0v) is 11.8. The second-order valence-corrected chi connectivity index (χ2v) is 5.10. The summed E-state index contributed by atoms with van der Waals surface area (Å²) in [5.41, 5.74) is 1.13. The van der Waals surface area contributed by atoms with E-state index in [9.17, 15) is 9.50 Å². The van der Waals surface area contributed by atoms with Crippen molar-refractivity contribution in [3.8, 4) is 17.0 Å². The average molecular weight is 303 g/mol. The van der Waals surface area contributed by atoms with Gasteiger partial charge in [0.1, 0.15) is 6.23 Å². The molecule has 7 heteroatoms. The number of anilines is 1. The van der Waals surface area contributed by atoms with Crippen molar-refractivity contribution >= 4 is 28.1 Å². The number of aliphatic hydroxyl groups is 1. The van der Waals surface area contributed by atoms with Crippen LogP contribution < -0.4 is 10.1 Å². The van der Waals surface area contributed by atoms with E-state index in [1.54, 1.807) is 18.4 Å². The summed E-state index contributed by atoms with van der Waals surface area (Å²) >= 11 is 7.25. The fourth-order valence-electron chi connectivity index (χ4n) is 1.55. The molecule has 1 aromatic heterocycles. The third kappa shape index (κ3) is 3.15. The van der Waals surface area contributed by atoms with Crippen molar-refractivity contribution in [3.63, 3.8) is 0 Å². The number of hydrogen-bond acceptors (Lipinski definition) is 5. The van der Waals surface area contributed by atoms with Crippen LogP contribution in [0.2, 0.25) is 5.02 Å². The van der Waals surface area contributed by atoms with Gasteiger partial charge in [-0.1, -0.05) is 11.6 Å². The molecule has 102 valence electrons. The van der Waals surface area contributed by atoms with Gasteiger partial charge >= 0.3 is 0 Å². The highest BCUT2D eigenvalue weighted by atomic mass is 35.5. The molecule has 1 unspecified atom stereocenters. The zero-order chi connectivity index (χ0) is 14.0. The molecule has 0 spiro atoms. The number of nitrogens with zero attached hydrogens (tertiary/aromatic N) is 1. The van der Waals surface area contributed by atoms with Gasteiger partial charge in [0.25, 0.3) is 0 Å². The molecule has 19 heavy (non-hydrogen) atoms. The van der Waals surface area contributed by atoms with Crippen LogP contribution in [0.15, 0.2) is 17.5 Å². The summed E-state index contributed by atoms with van der Waals surface area (Å²) < 4.78 is 18.6. The lowest BCUT2D eigenvalue weighted by atomic mass is 10.1. The Hall–Kier alpha value is -1.37. The Bertz CT molecular complexity index is 566. The van der Waals surface area contributed by atoms with Gasteiger partial charge in [0.2, 0.25) is 0 Å². The third-order valence-corrected chi connectivity index (χ3v) is 3.39. The van der Waals surface area contributed by atoms with Gasteiger partial charge in [-0.25, -0.2) is 9.37 Å². The fraction of sp³-hybridized carbons (Fsp3) is 0.250. The van der Waals surface area contributed by atoms with E-state index < -0.39 is 12.0 Å². The highest BCUT2D eigenvalue weighted by molar-refractivity contribution is 7.14. The molecule has 0 saturated carbocycles. The van der Waals surface area contributed by atoms with Gasteiger partial charge in [0.05, 0.1) is 17.8 Å². The van der Waals surface area contributed by atoms with Crippen LogP contribution in [0.4, 0.5) is 9.52 Å². The number of rotatable bonds is 4. The van der Waals surface area contributed by atoms with E-state index in [0.29, 0.717) is 16.4 Å². The molecule has 1 atom stereocenters. The number of aromatic nitrogens is 1. The Morgan fingerprint density at radius 2 is 2.26 bits per heavy atom. The minimum absolute atomic E-state index is 0.0166. The summed E-state index contributed by atoms with van der Waals surface area (Å²) in [6, 6.07) is 2.90. The largest absolute Gasteiger partial charge is 0.492 e. The molecule has 0 bridgehead atoms. The van der Waals surface area contributed by atoms with Crippen LogP contribution in [0.25, 0.3) is 11.3 Å². The molecule has 0 aliphatic carbocycles. The van der Waals surface area contributed by atoms with Crippen molar-refractivity contribution in [2.24, 2.45) is 0 Å². The van der Waals surface area contributed by atoms with E-state index in [1.165, 1.54) is 24.5 Å². The Labute approximate surface area is 118 Å². The average Bonchev–Trinajstić information content (AvgIpc) is 2.76. The van der Waals surface area contributed by atoms with E-state index in [-0.39, 0.29) is 10.8 Å². The van der Waals surface area contributed by atoms with Crippen molar-refractivity contribution < 1.29 is 14.2 Å². The smallest absolute Gasteiger partial charge is 0.185 e. The molecule has 1 aromatic carbocycles. The molecule has 2 N–H and O–H groups in total. The monoisotopic (exact) mass is 302 g/mol. The Balaban J connectivity index is 2.34. The summed E-state index contributed by atoms with van der Waals surface area (Å²) in [4.78, 5) is 4.24. The summed E-state index contributed by atoms with van der Waals surface area (Å²) in [5.74, 6) is -0.522. The molecule has 1 heterocycles. The molecular weight excluding hydrogens is 291 g/mol. The van der Waals surface area contributed by atoms with Gasteiger partial charge in [0.15, 0.2) is 16.7 Å². The van der Waals surface area contributed by atoms with E-state index in [4.69, 9.17) is 16.3 Å². The highest BCUT2D eigenvalue weighted by Crippen LogP contribution is 2.34. The zero-order valence-electron chi connectivity index (χ0n) is 10.3. The first-order valence-electron chi connectivity index (χ1n) is 5.44. The highest BCUT2D eigenvalue weighted by Gasteiger charge is 2.13. The summed E-state index contributed by atoms with van der Waals surface area (Å²) in [5, 5.41) is 14.5. The van der Waals surface area contributed by atoms with E-state index >= 15 is 0 Å². The number of thiazole rings is 1. The number of nitrogens with one attached hydrogen (secondary N) is 1. The van der Waals surface area contributed by atoms with E-state index in [2.05, 4.69) is 10.3 Å². The third-order valence-electron chi connectivity index (χ3n) is 2.33. The molecule has 0 amide bonds. The fourth-order valence-corrected chi connectivity index (χ4v) is 2.64. The topological polar surface area (TPSA) is 54.4 Å². The predicted molar refractivity (Wildman–Crippen MR) is 74.4 cm³/mol. The molecule has 2 aromatic rings. The SMILES string of the molecule is COc1c(F)cc(-c2csc(NC(C)O)n2)cc1Cl. The van der Waals surface area contributed by atoms with Crippen molar-refractivity contribution in [2.75, 3.05) is 12.4 Å². The minimum atomic E-state index is -0.699. The van der Waals surface area contributed by atoms with E-state index in [1.807, 2.05) is 0 Å². The quantitative estimate of drug-likeness (QED) is 0.850. The molecule has 2 rings (SSSR count). The van der Waals surface area contributed by atoms with Gasteiger partial charge in [-0.15, -0.1) is 11.3 Å². The van der Waals surface area contributed by atoms with Crippen molar-refractivity contribution in [3.05, 3.63) is 28.4 Å². The molecular formula is C12H12ClFN2O2S. The maximum absolute atomic E-state index is 13.7. The number of ether oxygens (including phenoxy) is 1. The number of methoxy groups -OCH3 is 1. The van der Waals surface area contributed by atoms with Crippen LogP contribution in [0, 0.1) is 5.82 Å². The predicted octanol–water partition coefficient (Wildman–Crippen LogP) is 3.36. The number of aliphatic hydroxyl groups excluding tert-OH is 1. The van der Waals surface area contributed by atoms with Crippen LogP contribution >= 0.6 is 22.9 Å². The van der Waals surface area contributed by atoms with Crippen LogP contribution in [-0.4, -0.2) is 23.4 Å². The standard InChI is InChI=1S/C12H12ClFN2O2S/c1-6(17)15-12-16-10(5-19-12)7-3-8(13)11(18-2)9(14)4-7/h3-6,17H,1-2H3,(H,15,16). The number of halogens is 2. The molecule has 0 aliphatic heterocycles. The molecule has 4 nitrogen and oxygen atoms in total. The van der Waals surface area contributed by atoms with Gasteiger partial charge < -0.3 is 15.2 Å². The summed E-state index contributed by atoms with van der Waals surface area (Å²) in [7, 11) is 1.36. The van der Waals surface area contributed by atoms with Crippen LogP contribution in [-0.2, 0) is 0 Å². The van der Waals surface area contributed by atoms with Crippen LogP contribution in [0.5, 0.6) is 5.75 Å². The Morgan fingerprint density at radius 1 is 1.53 bits per heavy atom. The first-order chi connectivity index (χ1) is 9.01. The first-order valence-corrected chi connectivity index (χ1v) is 6.70. The first kappa shape index (κ1) is 14.0. The van der Waals surface area contributed by atoms with Crippen molar-refractivity contribution in [2.45, 2.75) is 13.2 Å². The second-order valence-electron chi connectivity index (χ2n) is 3.83. The second kappa shape index (κ2) is 5.73. The Morgan fingerprint density at radius 3 is 2.84 bits per heavy atom. The molecule has 0 radical (unpaired) electrons. The number of benzene rings is 1. The lowest BCUT2D eigenvalue weighted by Crippen LogP contribution is -2.12. The van der Waals surface area contributed by atoms with Gasteiger partial charge in [-0.05, 0) is 19.1 Å². The normalized spacial score (nSPS) is 12.3. The Kier molecular flexibility index (Phi) is 4.24. The van der Waals surface area contributed by atoms with Gasteiger partial charge in [-0.2, -0.15) is 0 Å². The summed E-state index contributed by atoms with van der Waals surface area (Å²) in [6.07, 6.45) is -0.699. The van der Waals surface area contributed by atoms with Crippen molar-refractivity contribution in [1.29, 1.82) is 0 Å². The maximum atomic E-state index is 13.7. The van der Waals surface area contributed by atoms with Crippen LogP contribution in [0.1, 0.15) is 6.92 Å². The minimum Gasteiger partial charge on any atom is -0.492 e. The van der Waals surface area contributed by atoms with E-state index in [0.717, 1.165) is 0 Å². The lowest BCUT2D eigenvalue weighted by Gasteiger charge is -2.06. The van der Waals surface area contributed by atoms with Crippen molar-refractivity contribution in [1.82, 2.24) is 4.98 Å². The maximum Gasteiger partial charge on any atom is 0.185 e. The van der Waals surface area contributed by atoms with Crippen LogP contribution in [0.3, 0.4) is 0 Å². The molecule has 0 saturated heterocycles. The van der Waals surface area contributed by atoms with Gasteiger partial charge in [0, 0.05) is 10.9 Å². The van der Waals surface area contributed by atoms with Gasteiger partial charge in [-0.3, -0.25) is 0 Å². The summed E-state index contributed by atoms with van der Waals surface area (Å²) in [6.45, 7) is 1.59. The molecule has 0 fully saturated rings. The number of hydrogen-bond donors (Lipinski definition) is 2. The lowest BCUT2D eigenvalue weighted by molar-refractivity contribution is 0.224. The molecule has 0 aliphatic rings.